The molecule has 0 aliphatic carbocycles. The number of carbonyl (C=O) groups is 1. The summed E-state index contributed by atoms with van der Waals surface area (Å²) in [5.41, 5.74) is 5.45. The Balaban J connectivity index is 0.000000371. The smallest absolute Gasteiger partial charge is 0.223 e. The third kappa shape index (κ3) is 2.35. The van der Waals surface area contributed by atoms with Gasteiger partial charge >= 0.3 is 0 Å². The van der Waals surface area contributed by atoms with Crippen LogP contribution in [0, 0.1) is 0 Å². The van der Waals surface area contributed by atoms with Crippen molar-refractivity contribution in [3.05, 3.63) is 0 Å². The molecule has 1 saturated heterocycles. The molecule has 3 nitrogen and oxygen atoms in total. The summed E-state index contributed by atoms with van der Waals surface area (Å²) in [7, 11) is 1.77. The molecule has 1 amide bonds. The van der Waals surface area contributed by atoms with Crippen molar-refractivity contribution >= 4 is 5.91 Å². The Labute approximate surface area is 62.2 Å². The van der Waals surface area contributed by atoms with E-state index in [2.05, 4.69) is 0 Å². The van der Waals surface area contributed by atoms with Crippen LogP contribution < -0.4 is 5.73 Å². The third-order valence-electron chi connectivity index (χ3n) is 1.37. The second-order valence-corrected chi connectivity index (χ2v) is 2.24. The normalized spacial score (nSPS) is 24.2. The van der Waals surface area contributed by atoms with Gasteiger partial charge in [0.15, 0.2) is 0 Å². The van der Waals surface area contributed by atoms with Crippen molar-refractivity contribution in [3.63, 3.8) is 0 Å². The average molecular weight is 144 g/mol. The fourth-order valence-electron chi connectivity index (χ4n) is 0.898. The maximum atomic E-state index is 10.6. The number of amides is 1. The molecule has 0 aromatic heterocycles. The van der Waals surface area contributed by atoms with E-state index in [1.165, 1.54) is 0 Å². The number of nitrogens with two attached hydrogens (primary N) is 1. The molecular weight excluding hydrogens is 128 g/mol. The van der Waals surface area contributed by atoms with Crippen molar-refractivity contribution in [2.24, 2.45) is 5.73 Å². The van der Waals surface area contributed by atoms with Crippen LogP contribution in [0.5, 0.6) is 0 Å². The van der Waals surface area contributed by atoms with E-state index in [0.29, 0.717) is 6.42 Å². The molecule has 1 heterocycles. The Morgan fingerprint density at radius 3 is 2.20 bits per heavy atom. The highest BCUT2D eigenvalue weighted by Gasteiger charge is 2.22. The van der Waals surface area contributed by atoms with Gasteiger partial charge in [-0.25, -0.2) is 0 Å². The molecule has 1 rings (SSSR count). The van der Waals surface area contributed by atoms with E-state index in [0.717, 1.165) is 6.54 Å². The SMILES string of the molecule is CC.CN1CC(N)CC1=O. The van der Waals surface area contributed by atoms with Gasteiger partial charge in [0, 0.05) is 26.1 Å². The quantitative estimate of drug-likeness (QED) is 0.528. The summed E-state index contributed by atoms with van der Waals surface area (Å²) in [4.78, 5) is 12.3. The largest absolute Gasteiger partial charge is 0.344 e. The third-order valence-corrected chi connectivity index (χ3v) is 1.37. The summed E-state index contributed by atoms with van der Waals surface area (Å²) < 4.78 is 0. The molecule has 1 atom stereocenters. The zero-order valence-electron chi connectivity index (χ0n) is 6.92. The molecule has 10 heavy (non-hydrogen) atoms. The fraction of sp³-hybridized carbons (Fsp3) is 0.857. The fourth-order valence-corrected chi connectivity index (χ4v) is 0.898. The van der Waals surface area contributed by atoms with E-state index in [1.807, 2.05) is 13.8 Å². The zero-order chi connectivity index (χ0) is 8.15. The Kier molecular flexibility index (Phi) is 4.03. The average Bonchev–Trinajstić information content (AvgIpc) is 2.16. The number of hydrogen-bond donors (Lipinski definition) is 1. The van der Waals surface area contributed by atoms with Crippen LogP contribution in [0.2, 0.25) is 0 Å². The molecule has 0 bridgehead atoms. The summed E-state index contributed by atoms with van der Waals surface area (Å²) in [6.45, 7) is 4.72. The maximum absolute atomic E-state index is 10.6. The highest BCUT2D eigenvalue weighted by atomic mass is 16.2. The number of likely N-dealkylation sites (N-methyl/N-ethyl adjacent to an activating group) is 1. The molecule has 0 aromatic rings. The summed E-state index contributed by atoms with van der Waals surface area (Å²) in [5.74, 6) is 0.164. The van der Waals surface area contributed by atoms with E-state index in [-0.39, 0.29) is 11.9 Å². The maximum Gasteiger partial charge on any atom is 0.223 e. The monoisotopic (exact) mass is 144 g/mol. The molecule has 0 radical (unpaired) electrons. The first kappa shape index (κ1) is 9.43. The van der Waals surface area contributed by atoms with Crippen LogP contribution in [0.4, 0.5) is 0 Å². The molecule has 0 aromatic carbocycles. The van der Waals surface area contributed by atoms with Gasteiger partial charge in [0.1, 0.15) is 0 Å². The first-order valence-corrected chi connectivity index (χ1v) is 3.69. The van der Waals surface area contributed by atoms with Crippen LogP contribution in [-0.2, 0) is 4.79 Å². The number of rotatable bonds is 0. The van der Waals surface area contributed by atoms with Gasteiger partial charge in [-0.05, 0) is 0 Å². The number of carbonyl (C=O) groups excluding carboxylic acids is 1. The molecule has 60 valence electrons. The van der Waals surface area contributed by atoms with Crippen molar-refractivity contribution in [1.29, 1.82) is 0 Å². The molecule has 0 saturated carbocycles. The summed E-state index contributed by atoms with van der Waals surface area (Å²) in [6.07, 6.45) is 0.524. The topological polar surface area (TPSA) is 46.3 Å². The number of nitrogens with zero attached hydrogens (tertiary/aromatic N) is 1. The number of hydrogen-bond acceptors (Lipinski definition) is 2. The Bertz CT molecular complexity index is 114. The zero-order valence-corrected chi connectivity index (χ0v) is 6.92. The predicted octanol–water partition coefficient (Wildman–Crippen LogP) is 0.202. The lowest BCUT2D eigenvalue weighted by Crippen LogP contribution is -2.24. The van der Waals surface area contributed by atoms with Crippen LogP contribution in [0.25, 0.3) is 0 Å². The van der Waals surface area contributed by atoms with Gasteiger partial charge < -0.3 is 10.6 Å². The van der Waals surface area contributed by atoms with Crippen molar-refractivity contribution < 1.29 is 4.79 Å². The lowest BCUT2D eigenvalue weighted by atomic mass is 10.3. The predicted molar refractivity (Wildman–Crippen MR) is 41.6 cm³/mol. The summed E-state index contributed by atoms with van der Waals surface area (Å²) in [5, 5.41) is 0. The minimum absolute atomic E-state index is 0.0764. The first-order chi connectivity index (χ1) is 4.70. The van der Waals surface area contributed by atoms with Gasteiger partial charge in [-0.3, -0.25) is 4.79 Å². The van der Waals surface area contributed by atoms with Gasteiger partial charge in [0.05, 0.1) is 0 Å². The van der Waals surface area contributed by atoms with Gasteiger partial charge in [0.25, 0.3) is 0 Å². The Morgan fingerprint density at radius 1 is 1.60 bits per heavy atom. The van der Waals surface area contributed by atoms with Crippen molar-refractivity contribution in [2.75, 3.05) is 13.6 Å². The standard InChI is InChI=1S/C5H10N2O.C2H6/c1-7-3-4(6)2-5(7)8;1-2/h4H,2-3,6H2,1H3;1-2H3. The van der Waals surface area contributed by atoms with E-state index >= 15 is 0 Å². The molecular formula is C7H16N2O. The lowest BCUT2D eigenvalue weighted by Gasteiger charge is -2.04. The first-order valence-electron chi connectivity index (χ1n) is 3.69. The van der Waals surface area contributed by atoms with Crippen molar-refractivity contribution in [2.45, 2.75) is 26.3 Å². The second kappa shape index (κ2) is 4.28. The van der Waals surface area contributed by atoms with Crippen molar-refractivity contribution in [1.82, 2.24) is 4.90 Å². The second-order valence-electron chi connectivity index (χ2n) is 2.24. The van der Waals surface area contributed by atoms with Crippen molar-refractivity contribution in [3.8, 4) is 0 Å². The molecule has 1 unspecified atom stereocenters. The number of likely N-dealkylation sites (tertiary alicyclic amines) is 1. The Morgan fingerprint density at radius 2 is 2.10 bits per heavy atom. The van der Waals surface area contributed by atoms with E-state index in [1.54, 1.807) is 11.9 Å². The van der Waals surface area contributed by atoms with E-state index in [4.69, 9.17) is 5.73 Å². The van der Waals surface area contributed by atoms with Gasteiger partial charge in [-0.1, -0.05) is 13.8 Å². The van der Waals surface area contributed by atoms with E-state index < -0.39 is 0 Å². The van der Waals surface area contributed by atoms with Gasteiger partial charge in [-0.2, -0.15) is 0 Å². The van der Waals surface area contributed by atoms with Crippen LogP contribution in [0.15, 0.2) is 0 Å². The molecule has 2 N–H and O–H groups in total. The lowest BCUT2D eigenvalue weighted by molar-refractivity contribution is -0.126. The molecule has 1 fully saturated rings. The minimum atomic E-state index is 0.0764. The van der Waals surface area contributed by atoms with Crippen LogP contribution >= 0.6 is 0 Å². The molecule has 0 spiro atoms. The highest BCUT2D eigenvalue weighted by Crippen LogP contribution is 2.04. The van der Waals surface area contributed by atoms with Crippen LogP contribution in [-0.4, -0.2) is 30.4 Å². The van der Waals surface area contributed by atoms with Gasteiger partial charge in [0.2, 0.25) is 5.91 Å². The van der Waals surface area contributed by atoms with E-state index in [9.17, 15) is 4.79 Å². The Hall–Kier alpha value is -0.570. The molecule has 3 heteroatoms. The molecule has 1 aliphatic heterocycles. The highest BCUT2D eigenvalue weighted by molar-refractivity contribution is 5.78. The van der Waals surface area contributed by atoms with Crippen LogP contribution in [0.3, 0.4) is 0 Å². The minimum Gasteiger partial charge on any atom is -0.344 e. The summed E-state index contributed by atoms with van der Waals surface area (Å²) in [6, 6.07) is 0.0764. The molecule has 1 aliphatic rings. The van der Waals surface area contributed by atoms with Crippen LogP contribution in [0.1, 0.15) is 20.3 Å². The van der Waals surface area contributed by atoms with Gasteiger partial charge in [-0.15, -0.1) is 0 Å². The summed E-state index contributed by atoms with van der Waals surface area (Å²) >= 11 is 0.